The van der Waals surface area contributed by atoms with Crippen LogP contribution in [0.1, 0.15) is 24.1 Å². The van der Waals surface area contributed by atoms with E-state index in [9.17, 15) is 12.8 Å². The minimum atomic E-state index is -4.36. The molecule has 1 aliphatic rings. The normalized spacial score (nSPS) is 25.0. The summed E-state index contributed by atoms with van der Waals surface area (Å²) in [5.41, 5.74) is -0.397. The predicted molar refractivity (Wildman–Crippen MR) is 110 cm³/mol. The summed E-state index contributed by atoms with van der Waals surface area (Å²) in [6, 6.07) is 9.69. The second kappa shape index (κ2) is 7.75. The van der Waals surface area contributed by atoms with Crippen LogP contribution in [0.5, 0.6) is 0 Å². The van der Waals surface area contributed by atoms with E-state index in [0.29, 0.717) is 10.6 Å². The minimum absolute atomic E-state index is 0.142. The van der Waals surface area contributed by atoms with E-state index in [2.05, 4.69) is 0 Å². The van der Waals surface area contributed by atoms with Crippen molar-refractivity contribution in [3.05, 3.63) is 69.5 Å². The molecule has 1 saturated heterocycles. The highest BCUT2D eigenvalue weighted by Gasteiger charge is 2.68. The summed E-state index contributed by atoms with van der Waals surface area (Å²) in [7, 11) is -4.36. The van der Waals surface area contributed by atoms with Crippen LogP contribution in [0, 0.1) is 5.82 Å². The smallest absolute Gasteiger partial charge is 0.253 e. The maximum atomic E-state index is 14.6. The van der Waals surface area contributed by atoms with Crippen molar-refractivity contribution in [3.8, 4) is 0 Å². The van der Waals surface area contributed by atoms with Crippen molar-refractivity contribution >= 4 is 68.3 Å². The van der Waals surface area contributed by atoms with Gasteiger partial charge in [-0.15, -0.1) is 0 Å². The summed E-state index contributed by atoms with van der Waals surface area (Å²) in [6.45, 7) is 0.953. The first-order valence-electron chi connectivity index (χ1n) is 7.83. The monoisotopic (exact) mass is 505 g/mol. The Kier molecular flexibility index (Phi) is 6.19. The molecule has 3 unspecified atom stereocenters. The standard InChI is InChI=1S/C17H13Cl5FNO3S/c1-16(10-2-4-11(18)5-3-10)15(13-7-6-12(19)8-14(13)23)24(16)28(25,26)27-9-17(20,21)22/h2-8,15H,9H2,1H3. The van der Waals surface area contributed by atoms with Gasteiger partial charge in [-0.25, -0.2) is 4.39 Å². The highest BCUT2D eigenvalue weighted by atomic mass is 35.6. The molecule has 3 atom stereocenters. The molecule has 0 N–H and O–H groups in total. The van der Waals surface area contributed by atoms with E-state index in [1.165, 1.54) is 12.1 Å². The molecule has 1 fully saturated rings. The second-order valence-corrected chi connectivity index (χ2v) is 11.2. The van der Waals surface area contributed by atoms with Crippen molar-refractivity contribution < 1.29 is 17.0 Å². The van der Waals surface area contributed by atoms with Gasteiger partial charge in [-0.05, 0) is 36.8 Å². The summed E-state index contributed by atoms with van der Waals surface area (Å²) in [5, 5.41) is 0.668. The number of hydrogen-bond acceptors (Lipinski definition) is 3. The summed E-state index contributed by atoms with van der Waals surface area (Å²) in [6.07, 6.45) is 0. The quantitative estimate of drug-likeness (QED) is 0.366. The molecular formula is C17H13Cl5FNO3S. The zero-order valence-corrected chi connectivity index (χ0v) is 18.8. The first-order chi connectivity index (χ1) is 12.9. The van der Waals surface area contributed by atoms with Crippen LogP contribution in [-0.4, -0.2) is 23.1 Å². The molecule has 0 spiro atoms. The Balaban J connectivity index is 2.05. The number of halogens is 6. The van der Waals surface area contributed by atoms with Crippen LogP contribution in [0.3, 0.4) is 0 Å². The molecule has 1 heterocycles. The Labute approximate surface area is 187 Å². The van der Waals surface area contributed by atoms with Gasteiger partial charge in [-0.1, -0.05) is 76.2 Å². The number of hydrogen-bond donors (Lipinski definition) is 0. The van der Waals surface area contributed by atoms with Crippen LogP contribution in [0.4, 0.5) is 4.39 Å². The fraction of sp³-hybridized carbons (Fsp3) is 0.294. The summed E-state index contributed by atoms with van der Waals surface area (Å²) in [4.78, 5) is 0. The van der Waals surface area contributed by atoms with Gasteiger partial charge >= 0.3 is 10.3 Å². The fourth-order valence-corrected chi connectivity index (χ4v) is 5.43. The number of rotatable bonds is 5. The van der Waals surface area contributed by atoms with Gasteiger partial charge in [0.1, 0.15) is 12.4 Å². The molecule has 0 radical (unpaired) electrons. The molecule has 152 valence electrons. The fourth-order valence-electron chi connectivity index (χ4n) is 3.14. The molecule has 4 nitrogen and oxygen atoms in total. The molecule has 0 aromatic heterocycles. The number of alkyl halides is 3. The topological polar surface area (TPSA) is 46.4 Å². The van der Waals surface area contributed by atoms with Crippen LogP contribution in [0.2, 0.25) is 10.0 Å². The molecule has 0 amide bonds. The van der Waals surface area contributed by atoms with Crippen LogP contribution >= 0.6 is 58.0 Å². The zero-order chi connectivity index (χ0) is 20.9. The van der Waals surface area contributed by atoms with Gasteiger partial charge < -0.3 is 0 Å². The summed E-state index contributed by atoms with van der Waals surface area (Å²) in [5.74, 6) is -0.642. The lowest BCUT2D eigenvalue weighted by Gasteiger charge is -2.15. The lowest BCUT2D eigenvalue weighted by molar-refractivity contribution is 0.298. The Bertz CT molecular complexity index is 997. The van der Waals surface area contributed by atoms with Gasteiger partial charge in [0.15, 0.2) is 0 Å². The van der Waals surface area contributed by atoms with Crippen LogP contribution in [-0.2, 0) is 20.0 Å². The third-order valence-corrected chi connectivity index (χ3v) is 6.76. The number of nitrogens with zero attached hydrogens (tertiary/aromatic N) is 1. The van der Waals surface area contributed by atoms with Crippen LogP contribution < -0.4 is 0 Å². The van der Waals surface area contributed by atoms with E-state index in [1.54, 1.807) is 31.2 Å². The van der Waals surface area contributed by atoms with E-state index < -0.39 is 38.1 Å². The van der Waals surface area contributed by atoms with Crippen molar-refractivity contribution in [2.75, 3.05) is 6.61 Å². The average molecular weight is 508 g/mol. The van der Waals surface area contributed by atoms with Crippen molar-refractivity contribution in [3.63, 3.8) is 0 Å². The lowest BCUT2D eigenvalue weighted by Crippen LogP contribution is -2.26. The van der Waals surface area contributed by atoms with E-state index in [-0.39, 0.29) is 10.6 Å². The molecule has 2 aromatic rings. The van der Waals surface area contributed by atoms with E-state index in [1.807, 2.05) is 0 Å². The molecule has 0 aliphatic carbocycles. The summed E-state index contributed by atoms with van der Waals surface area (Å²) >= 11 is 28.5. The molecule has 3 rings (SSSR count). The van der Waals surface area contributed by atoms with Gasteiger partial charge in [0.05, 0.1) is 11.6 Å². The highest BCUT2D eigenvalue weighted by molar-refractivity contribution is 7.84. The van der Waals surface area contributed by atoms with Crippen molar-refractivity contribution in [1.82, 2.24) is 4.31 Å². The maximum absolute atomic E-state index is 14.6. The molecule has 0 saturated carbocycles. The molecule has 11 heteroatoms. The molecular weight excluding hydrogens is 495 g/mol. The third-order valence-electron chi connectivity index (χ3n) is 4.46. The molecule has 2 aromatic carbocycles. The predicted octanol–water partition coefficient (Wildman–Crippen LogP) is 6.04. The first-order valence-corrected chi connectivity index (χ1v) is 11.1. The Morgan fingerprint density at radius 2 is 1.68 bits per heavy atom. The van der Waals surface area contributed by atoms with Gasteiger partial charge in [-0.3, -0.25) is 4.18 Å². The third kappa shape index (κ3) is 4.40. The molecule has 0 bridgehead atoms. The van der Waals surface area contributed by atoms with Gasteiger partial charge in [0.25, 0.3) is 0 Å². The van der Waals surface area contributed by atoms with E-state index in [0.717, 1.165) is 10.4 Å². The maximum Gasteiger partial charge on any atom is 0.340 e. The zero-order valence-electron chi connectivity index (χ0n) is 14.2. The van der Waals surface area contributed by atoms with Crippen LogP contribution in [0.15, 0.2) is 42.5 Å². The van der Waals surface area contributed by atoms with E-state index >= 15 is 0 Å². The molecule has 28 heavy (non-hydrogen) atoms. The minimum Gasteiger partial charge on any atom is -0.253 e. The van der Waals surface area contributed by atoms with Gasteiger partial charge in [0.2, 0.25) is 3.79 Å². The highest BCUT2D eigenvalue weighted by Crippen LogP contribution is 2.62. The Hall–Kier alpha value is -0.310. The molecule has 1 aliphatic heterocycles. The second-order valence-electron chi connectivity index (χ2n) is 6.35. The summed E-state index contributed by atoms with van der Waals surface area (Å²) < 4.78 is 44.2. The Morgan fingerprint density at radius 1 is 1.11 bits per heavy atom. The van der Waals surface area contributed by atoms with Crippen LogP contribution in [0.25, 0.3) is 0 Å². The van der Waals surface area contributed by atoms with Gasteiger partial charge in [0, 0.05) is 15.6 Å². The van der Waals surface area contributed by atoms with Gasteiger partial charge in [-0.2, -0.15) is 12.7 Å². The Morgan fingerprint density at radius 3 is 2.21 bits per heavy atom. The van der Waals surface area contributed by atoms with Crippen molar-refractivity contribution in [2.24, 2.45) is 0 Å². The largest absolute Gasteiger partial charge is 0.340 e. The first kappa shape index (κ1) is 22.4. The average Bonchev–Trinajstić information content (AvgIpc) is 3.21. The number of benzene rings is 2. The SMILES string of the molecule is CC1(c2ccc(Cl)cc2)C(c2ccc(Cl)cc2F)N1S(=O)(=O)OCC(Cl)(Cl)Cl. The van der Waals surface area contributed by atoms with E-state index in [4.69, 9.17) is 62.2 Å². The van der Waals surface area contributed by atoms with Crippen molar-refractivity contribution in [2.45, 2.75) is 22.3 Å². The van der Waals surface area contributed by atoms with Crippen molar-refractivity contribution in [1.29, 1.82) is 0 Å². The lowest BCUT2D eigenvalue weighted by atomic mass is 9.93.